The van der Waals surface area contributed by atoms with Crippen LogP contribution in [0.15, 0.2) is 35.1 Å². The van der Waals surface area contributed by atoms with Crippen molar-refractivity contribution in [3.05, 3.63) is 40.8 Å². The van der Waals surface area contributed by atoms with Gasteiger partial charge in [0.1, 0.15) is 0 Å². The van der Waals surface area contributed by atoms with Gasteiger partial charge in [-0.1, -0.05) is 30.3 Å². The molecule has 0 bridgehead atoms. The van der Waals surface area contributed by atoms with E-state index in [1.165, 1.54) is 0 Å². The molecule has 5 heteroatoms. The fourth-order valence-electron chi connectivity index (χ4n) is 1.49. The Bertz CT molecular complexity index is 508. The number of aliphatic carboxylic acids is 1. The third-order valence-corrected chi connectivity index (χ3v) is 2.50. The molecule has 1 aromatic heterocycles. The Labute approximate surface area is 100 Å². The minimum absolute atomic E-state index is 0.0666. The number of carboxylic acids is 1. The highest BCUT2D eigenvalue weighted by molar-refractivity contribution is 9.10. The Morgan fingerprint density at radius 2 is 2.06 bits per heavy atom. The average molecular weight is 281 g/mol. The van der Waals surface area contributed by atoms with E-state index in [9.17, 15) is 4.79 Å². The number of nitrogens with one attached hydrogen (secondary N) is 1. The van der Waals surface area contributed by atoms with Crippen molar-refractivity contribution in [3.63, 3.8) is 0 Å². The minimum atomic E-state index is -0.881. The van der Waals surface area contributed by atoms with Gasteiger partial charge in [0, 0.05) is 5.56 Å². The second kappa shape index (κ2) is 4.49. The summed E-state index contributed by atoms with van der Waals surface area (Å²) >= 11 is 3.21. The van der Waals surface area contributed by atoms with Crippen molar-refractivity contribution in [1.29, 1.82) is 0 Å². The summed E-state index contributed by atoms with van der Waals surface area (Å²) in [5, 5.41) is 8.78. The van der Waals surface area contributed by atoms with Gasteiger partial charge in [-0.3, -0.25) is 4.79 Å². The Balaban J connectivity index is 2.44. The minimum Gasteiger partial charge on any atom is -0.481 e. The highest BCUT2D eigenvalue weighted by Crippen LogP contribution is 2.23. The molecule has 0 saturated carbocycles. The van der Waals surface area contributed by atoms with Crippen LogP contribution < -0.4 is 0 Å². The Morgan fingerprint density at radius 1 is 1.38 bits per heavy atom. The maximum absolute atomic E-state index is 10.7. The van der Waals surface area contributed by atoms with Gasteiger partial charge in [0.05, 0.1) is 17.8 Å². The molecule has 0 amide bonds. The van der Waals surface area contributed by atoms with Crippen LogP contribution in [0.3, 0.4) is 0 Å². The molecule has 1 heterocycles. The van der Waals surface area contributed by atoms with E-state index in [1.54, 1.807) is 0 Å². The van der Waals surface area contributed by atoms with Crippen molar-refractivity contribution in [2.45, 2.75) is 6.42 Å². The summed E-state index contributed by atoms with van der Waals surface area (Å²) in [6, 6.07) is 9.48. The molecule has 0 atom stereocenters. The van der Waals surface area contributed by atoms with Crippen molar-refractivity contribution < 1.29 is 9.90 Å². The topological polar surface area (TPSA) is 66.0 Å². The summed E-state index contributed by atoms with van der Waals surface area (Å²) in [4.78, 5) is 17.8. The van der Waals surface area contributed by atoms with Gasteiger partial charge in [0.25, 0.3) is 0 Å². The molecule has 16 heavy (non-hydrogen) atoms. The molecule has 0 saturated heterocycles. The molecule has 82 valence electrons. The van der Waals surface area contributed by atoms with Crippen LogP contribution in [0.2, 0.25) is 0 Å². The van der Waals surface area contributed by atoms with Gasteiger partial charge in [-0.05, 0) is 15.9 Å². The number of halogens is 1. The van der Waals surface area contributed by atoms with Crippen LogP contribution in [0.1, 0.15) is 5.69 Å². The van der Waals surface area contributed by atoms with Crippen LogP contribution in [-0.4, -0.2) is 21.0 Å². The second-order valence-corrected chi connectivity index (χ2v) is 4.04. The predicted molar refractivity (Wildman–Crippen MR) is 63.1 cm³/mol. The first-order valence-electron chi connectivity index (χ1n) is 4.68. The van der Waals surface area contributed by atoms with Crippen LogP contribution in [0, 0.1) is 0 Å². The molecule has 4 nitrogen and oxygen atoms in total. The van der Waals surface area contributed by atoms with Crippen LogP contribution in [0.25, 0.3) is 11.3 Å². The zero-order chi connectivity index (χ0) is 11.5. The fraction of sp³-hybridized carbons (Fsp3) is 0.0909. The van der Waals surface area contributed by atoms with E-state index in [1.807, 2.05) is 30.3 Å². The van der Waals surface area contributed by atoms with Crippen molar-refractivity contribution in [2.24, 2.45) is 0 Å². The summed E-state index contributed by atoms with van der Waals surface area (Å²) in [6.07, 6.45) is -0.0666. The van der Waals surface area contributed by atoms with Gasteiger partial charge in [0.2, 0.25) is 0 Å². The van der Waals surface area contributed by atoms with E-state index in [0.29, 0.717) is 16.1 Å². The predicted octanol–water partition coefficient (Wildman–Crippen LogP) is 2.47. The summed E-state index contributed by atoms with van der Waals surface area (Å²) in [6.45, 7) is 0. The van der Waals surface area contributed by atoms with Gasteiger partial charge in [0.15, 0.2) is 4.73 Å². The van der Waals surface area contributed by atoms with Gasteiger partial charge >= 0.3 is 5.97 Å². The first kappa shape index (κ1) is 10.9. The molecule has 2 rings (SSSR count). The number of imidazole rings is 1. The number of hydrogen-bond acceptors (Lipinski definition) is 2. The number of benzene rings is 1. The lowest BCUT2D eigenvalue weighted by Crippen LogP contribution is -2.01. The summed E-state index contributed by atoms with van der Waals surface area (Å²) in [5.74, 6) is -0.881. The summed E-state index contributed by atoms with van der Waals surface area (Å²) in [5.41, 5.74) is 2.18. The van der Waals surface area contributed by atoms with E-state index in [2.05, 4.69) is 25.9 Å². The third kappa shape index (κ3) is 2.30. The number of aromatic nitrogens is 2. The zero-order valence-electron chi connectivity index (χ0n) is 8.27. The van der Waals surface area contributed by atoms with Gasteiger partial charge in [-0.15, -0.1) is 0 Å². The Morgan fingerprint density at radius 3 is 2.69 bits per heavy atom. The molecule has 0 aliphatic heterocycles. The lowest BCUT2D eigenvalue weighted by Gasteiger charge is -1.99. The van der Waals surface area contributed by atoms with Crippen LogP contribution in [0.5, 0.6) is 0 Å². The molecule has 0 fully saturated rings. The highest BCUT2D eigenvalue weighted by Gasteiger charge is 2.13. The van der Waals surface area contributed by atoms with Crippen molar-refractivity contribution in [2.75, 3.05) is 0 Å². The number of carbonyl (C=O) groups is 1. The van der Waals surface area contributed by atoms with Crippen LogP contribution >= 0.6 is 15.9 Å². The Kier molecular flexibility index (Phi) is 3.05. The molecule has 0 unspecified atom stereocenters. The number of H-pyrrole nitrogens is 1. The van der Waals surface area contributed by atoms with Crippen LogP contribution in [0.4, 0.5) is 0 Å². The van der Waals surface area contributed by atoms with E-state index in [-0.39, 0.29) is 6.42 Å². The van der Waals surface area contributed by atoms with Gasteiger partial charge in [-0.25, -0.2) is 4.98 Å². The molecule has 0 aliphatic rings. The molecular weight excluding hydrogens is 272 g/mol. The molecule has 0 radical (unpaired) electrons. The average Bonchev–Trinajstić information content (AvgIpc) is 2.60. The van der Waals surface area contributed by atoms with Gasteiger partial charge in [-0.2, -0.15) is 0 Å². The van der Waals surface area contributed by atoms with Gasteiger partial charge < -0.3 is 10.1 Å². The first-order chi connectivity index (χ1) is 7.66. The normalized spacial score (nSPS) is 10.3. The molecular formula is C11H9BrN2O2. The quantitative estimate of drug-likeness (QED) is 0.908. The fourth-order valence-corrected chi connectivity index (χ4v) is 1.91. The number of nitrogens with zero attached hydrogens (tertiary/aromatic N) is 1. The number of rotatable bonds is 3. The van der Waals surface area contributed by atoms with E-state index < -0.39 is 5.97 Å². The molecule has 2 aromatic rings. The number of aromatic amines is 1. The molecule has 2 N–H and O–H groups in total. The largest absolute Gasteiger partial charge is 0.481 e. The zero-order valence-corrected chi connectivity index (χ0v) is 9.86. The van der Waals surface area contributed by atoms with Crippen molar-refractivity contribution in [3.8, 4) is 11.3 Å². The van der Waals surface area contributed by atoms with E-state index in [4.69, 9.17) is 5.11 Å². The van der Waals surface area contributed by atoms with E-state index >= 15 is 0 Å². The molecule has 1 aromatic carbocycles. The maximum Gasteiger partial charge on any atom is 0.309 e. The van der Waals surface area contributed by atoms with Crippen molar-refractivity contribution in [1.82, 2.24) is 9.97 Å². The maximum atomic E-state index is 10.7. The van der Waals surface area contributed by atoms with E-state index in [0.717, 1.165) is 5.56 Å². The molecule has 0 aliphatic carbocycles. The monoisotopic (exact) mass is 280 g/mol. The lowest BCUT2D eigenvalue weighted by atomic mass is 10.1. The number of carboxylic acid groups (broad SMARTS) is 1. The first-order valence-corrected chi connectivity index (χ1v) is 5.47. The summed E-state index contributed by atoms with van der Waals surface area (Å²) in [7, 11) is 0. The smallest absolute Gasteiger partial charge is 0.309 e. The third-order valence-electron chi connectivity index (χ3n) is 2.13. The Hall–Kier alpha value is -1.62. The SMILES string of the molecule is O=C(O)Cc1[nH]c(Br)nc1-c1ccccc1. The molecule has 0 spiro atoms. The second-order valence-electron chi connectivity index (χ2n) is 3.29. The van der Waals surface area contributed by atoms with Crippen LogP contribution in [-0.2, 0) is 11.2 Å². The highest BCUT2D eigenvalue weighted by atomic mass is 79.9. The lowest BCUT2D eigenvalue weighted by molar-refractivity contribution is -0.136. The summed E-state index contributed by atoms with van der Waals surface area (Å²) < 4.78 is 0.544. The van der Waals surface area contributed by atoms with Crippen molar-refractivity contribution >= 4 is 21.9 Å². The number of hydrogen-bond donors (Lipinski definition) is 2. The standard InChI is InChI=1S/C11H9BrN2O2/c12-11-13-8(6-9(15)16)10(14-11)7-4-2-1-3-5-7/h1-5H,6H2,(H,13,14)(H,15,16).